The van der Waals surface area contributed by atoms with E-state index in [4.69, 9.17) is 4.74 Å². The van der Waals surface area contributed by atoms with Crippen molar-refractivity contribution in [1.29, 1.82) is 0 Å². The molecule has 1 aliphatic rings. The zero-order chi connectivity index (χ0) is 10.7. The van der Waals surface area contributed by atoms with E-state index in [0.29, 0.717) is 23.4 Å². The van der Waals surface area contributed by atoms with Gasteiger partial charge >= 0.3 is 0 Å². The third-order valence-corrected chi connectivity index (χ3v) is 2.38. The Balaban J connectivity index is 2.28. The number of ketones is 1. The normalized spacial score (nSPS) is 15.4. The lowest BCUT2D eigenvalue weighted by Crippen LogP contribution is -2.11. The van der Waals surface area contributed by atoms with Crippen molar-refractivity contribution in [2.45, 2.75) is 19.8 Å². The van der Waals surface area contributed by atoms with Gasteiger partial charge in [-0.1, -0.05) is 0 Å². The van der Waals surface area contributed by atoms with Gasteiger partial charge in [0.15, 0.2) is 5.78 Å². The highest BCUT2D eigenvalue weighted by molar-refractivity contribution is 6.09. The average molecular weight is 204 g/mol. The maximum absolute atomic E-state index is 12.0. The van der Waals surface area contributed by atoms with Gasteiger partial charge in [-0.2, -0.15) is 0 Å². The van der Waals surface area contributed by atoms with Gasteiger partial charge in [0.05, 0.1) is 24.1 Å². The van der Waals surface area contributed by atoms with Crippen LogP contribution in [0.25, 0.3) is 0 Å². The smallest absolute Gasteiger partial charge is 0.195 e. The van der Waals surface area contributed by atoms with E-state index >= 15 is 0 Å². The van der Waals surface area contributed by atoms with Gasteiger partial charge < -0.3 is 4.74 Å². The molecule has 0 unspecified atom stereocenters. The molecule has 1 aromatic rings. The van der Waals surface area contributed by atoms with Crippen molar-refractivity contribution in [3.63, 3.8) is 0 Å². The summed E-state index contributed by atoms with van der Waals surface area (Å²) in [5.41, 5.74) is 1.98. The fraction of sp³-hybridized carbons (Fsp3) is 0.364. The van der Waals surface area contributed by atoms with Gasteiger partial charge in [-0.15, -0.1) is 0 Å². The van der Waals surface area contributed by atoms with E-state index in [1.807, 2.05) is 0 Å². The molecule has 2 rings (SSSR count). The molecule has 0 fully saturated rings. The van der Waals surface area contributed by atoms with Crippen molar-refractivity contribution in [3.8, 4) is 0 Å². The summed E-state index contributed by atoms with van der Waals surface area (Å²) in [5, 5.41) is 0. The number of Topliss-reactive ketones (excluding diaryl/α,β-unsaturated/α-hetero) is 1. The van der Waals surface area contributed by atoms with Gasteiger partial charge in [-0.05, 0) is 19.8 Å². The number of ether oxygens (including phenoxy) is 1. The molecule has 0 saturated heterocycles. The van der Waals surface area contributed by atoms with Crippen molar-refractivity contribution in [1.82, 2.24) is 9.97 Å². The monoisotopic (exact) mass is 204 g/mol. The minimum absolute atomic E-state index is 0.0206. The number of carbonyl (C=O) groups is 1. The first-order chi connectivity index (χ1) is 7.29. The van der Waals surface area contributed by atoms with Crippen LogP contribution in [0.1, 0.15) is 28.9 Å². The molecule has 1 aliphatic heterocycles. The first-order valence-corrected chi connectivity index (χ1v) is 4.91. The van der Waals surface area contributed by atoms with Gasteiger partial charge in [0, 0.05) is 11.8 Å². The molecule has 0 saturated carbocycles. The second kappa shape index (κ2) is 4.21. The van der Waals surface area contributed by atoms with Crippen LogP contribution in [0.4, 0.5) is 0 Å². The van der Waals surface area contributed by atoms with E-state index < -0.39 is 0 Å². The number of rotatable bonds is 2. The molecule has 15 heavy (non-hydrogen) atoms. The molecule has 2 heterocycles. The van der Waals surface area contributed by atoms with Crippen LogP contribution < -0.4 is 0 Å². The van der Waals surface area contributed by atoms with Crippen LogP contribution in [0, 0.1) is 6.92 Å². The van der Waals surface area contributed by atoms with Crippen LogP contribution >= 0.6 is 0 Å². The summed E-state index contributed by atoms with van der Waals surface area (Å²) in [6.45, 7) is 2.50. The molecular weight excluding hydrogens is 192 g/mol. The second-order valence-corrected chi connectivity index (χ2v) is 3.47. The number of nitrogens with zero attached hydrogens (tertiary/aromatic N) is 2. The summed E-state index contributed by atoms with van der Waals surface area (Å²) in [6.07, 6.45) is 6.22. The number of hydrogen-bond acceptors (Lipinski definition) is 4. The lowest BCUT2D eigenvalue weighted by molar-refractivity contribution is 0.101. The average Bonchev–Trinajstić information content (AvgIpc) is 2.30. The summed E-state index contributed by atoms with van der Waals surface area (Å²) in [6, 6.07) is 0. The molecule has 0 aromatic carbocycles. The fourth-order valence-electron chi connectivity index (χ4n) is 1.52. The molecule has 0 radical (unpaired) electrons. The second-order valence-electron chi connectivity index (χ2n) is 3.47. The van der Waals surface area contributed by atoms with E-state index in [-0.39, 0.29) is 5.78 Å². The predicted octanol–water partition coefficient (Wildman–Crippen LogP) is 1.66. The van der Waals surface area contributed by atoms with Gasteiger partial charge in [-0.3, -0.25) is 4.79 Å². The topological polar surface area (TPSA) is 52.1 Å². The Morgan fingerprint density at radius 2 is 2.40 bits per heavy atom. The Kier molecular flexibility index (Phi) is 2.76. The van der Waals surface area contributed by atoms with E-state index in [9.17, 15) is 4.79 Å². The highest BCUT2D eigenvalue weighted by atomic mass is 16.5. The molecule has 0 N–H and O–H groups in total. The number of aryl methyl sites for hydroxylation is 1. The van der Waals surface area contributed by atoms with Crippen LogP contribution in [0.5, 0.6) is 0 Å². The molecule has 4 nitrogen and oxygen atoms in total. The van der Waals surface area contributed by atoms with E-state index in [0.717, 1.165) is 12.8 Å². The summed E-state index contributed by atoms with van der Waals surface area (Å²) >= 11 is 0. The number of hydrogen-bond donors (Lipinski definition) is 0. The van der Waals surface area contributed by atoms with Crippen molar-refractivity contribution in [3.05, 3.63) is 35.6 Å². The third-order valence-electron chi connectivity index (χ3n) is 2.38. The van der Waals surface area contributed by atoms with Crippen LogP contribution in [-0.2, 0) is 4.74 Å². The number of allylic oxidation sites excluding steroid dienone is 1. The van der Waals surface area contributed by atoms with E-state index in [1.165, 1.54) is 6.33 Å². The Morgan fingerprint density at radius 1 is 1.53 bits per heavy atom. The van der Waals surface area contributed by atoms with E-state index in [1.54, 1.807) is 19.4 Å². The van der Waals surface area contributed by atoms with Crippen molar-refractivity contribution >= 4 is 5.78 Å². The molecule has 1 aromatic heterocycles. The third kappa shape index (κ3) is 2.03. The zero-order valence-corrected chi connectivity index (χ0v) is 8.56. The van der Waals surface area contributed by atoms with Crippen LogP contribution in [-0.4, -0.2) is 22.4 Å². The molecule has 0 bridgehead atoms. The summed E-state index contributed by atoms with van der Waals surface area (Å²) < 4.78 is 5.14. The molecule has 0 atom stereocenters. The van der Waals surface area contributed by atoms with Crippen molar-refractivity contribution in [2.75, 3.05) is 6.61 Å². The molecule has 0 amide bonds. The van der Waals surface area contributed by atoms with Crippen molar-refractivity contribution < 1.29 is 9.53 Å². The molecule has 0 spiro atoms. The first kappa shape index (κ1) is 9.83. The Bertz CT molecular complexity index is 413. The van der Waals surface area contributed by atoms with Crippen LogP contribution in [0.2, 0.25) is 0 Å². The lowest BCUT2D eigenvalue weighted by Gasteiger charge is -2.12. The van der Waals surface area contributed by atoms with Gasteiger partial charge in [-0.25, -0.2) is 9.97 Å². The summed E-state index contributed by atoms with van der Waals surface area (Å²) in [7, 11) is 0. The standard InChI is InChI=1S/C11H12N2O2/c1-8-10(5-12-7-13-8)11(14)9-3-2-4-15-6-9/h5-7H,2-4H2,1H3. The molecule has 4 heteroatoms. The van der Waals surface area contributed by atoms with Gasteiger partial charge in [0.25, 0.3) is 0 Å². The predicted molar refractivity (Wildman–Crippen MR) is 54.4 cm³/mol. The zero-order valence-electron chi connectivity index (χ0n) is 8.56. The largest absolute Gasteiger partial charge is 0.501 e. The Labute approximate surface area is 88.0 Å². The molecule has 0 aliphatic carbocycles. The Morgan fingerprint density at radius 3 is 3.07 bits per heavy atom. The van der Waals surface area contributed by atoms with Gasteiger partial charge in [0.1, 0.15) is 6.33 Å². The molecular formula is C11H12N2O2. The van der Waals surface area contributed by atoms with Crippen molar-refractivity contribution in [2.24, 2.45) is 0 Å². The Hall–Kier alpha value is -1.71. The minimum Gasteiger partial charge on any atom is -0.501 e. The van der Waals surface area contributed by atoms with Crippen LogP contribution in [0.15, 0.2) is 24.4 Å². The molecule has 78 valence electrons. The SMILES string of the molecule is Cc1ncncc1C(=O)C1=COCCC1. The lowest BCUT2D eigenvalue weighted by atomic mass is 10.00. The summed E-state index contributed by atoms with van der Waals surface area (Å²) in [5.74, 6) is -0.0206. The number of carbonyl (C=O) groups excluding carboxylic acids is 1. The van der Waals surface area contributed by atoms with Gasteiger partial charge in [0.2, 0.25) is 0 Å². The minimum atomic E-state index is -0.0206. The van der Waals surface area contributed by atoms with E-state index in [2.05, 4.69) is 9.97 Å². The highest BCUT2D eigenvalue weighted by Gasteiger charge is 2.17. The summed E-state index contributed by atoms with van der Waals surface area (Å²) in [4.78, 5) is 19.8. The number of aromatic nitrogens is 2. The fourth-order valence-corrected chi connectivity index (χ4v) is 1.52. The maximum Gasteiger partial charge on any atom is 0.195 e. The first-order valence-electron chi connectivity index (χ1n) is 4.91. The highest BCUT2D eigenvalue weighted by Crippen LogP contribution is 2.17. The maximum atomic E-state index is 12.0. The van der Waals surface area contributed by atoms with Crippen LogP contribution in [0.3, 0.4) is 0 Å². The quantitative estimate of drug-likeness (QED) is 0.687.